The number of morpholine rings is 1. The molecule has 6 nitrogen and oxygen atoms in total. The molecule has 1 aromatic carbocycles. The first-order chi connectivity index (χ1) is 11.1. The maximum absolute atomic E-state index is 14.4. The average molecular weight is 319 g/mol. The molecule has 0 radical (unpaired) electrons. The molecule has 4 rings (SSSR count). The van der Waals surface area contributed by atoms with Gasteiger partial charge in [0.05, 0.1) is 24.3 Å². The topological polar surface area (TPSA) is 70.7 Å². The van der Waals surface area contributed by atoms with Gasteiger partial charge in [0.2, 0.25) is 5.91 Å². The van der Waals surface area contributed by atoms with Gasteiger partial charge in [-0.2, -0.15) is 0 Å². The fourth-order valence-electron chi connectivity index (χ4n) is 3.56. The largest absolute Gasteiger partial charge is 0.373 e. The molecule has 122 valence electrons. The van der Waals surface area contributed by atoms with Crippen LogP contribution in [0.4, 0.5) is 10.1 Å². The van der Waals surface area contributed by atoms with Crippen LogP contribution in [0.15, 0.2) is 12.1 Å². The van der Waals surface area contributed by atoms with E-state index in [0.29, 0.717) is 44.8 Å². The van der Waals surface area contributed by atoms with E-state index in [2.05, 4.69) is 10.6 Å². The first kappa shape index (κ1) is 14.6. The minimum absolute atomic E-state index is 0.0207. The Morgan fingerprint density at radius 3 is 3.04 bits per heavy atom. The zero-order valence-electron chi connectivity index (χ0n) is 12.6. The molecule has 2 amide bonds. The Balaban J connectivity index is 1.64. The number of nitrogens with zero attached hydrogens (tertiary/aromatic N) is 1. The van der Waals surface area contributed by atoms with Gasteiger partial charge < -0.3 is 20.3 Å². The van der Waals surface area contributed by atoms with Crippen molar-refractivity contribution < 1.29 is 18.7 Å². The summed E-state index contributed by atoms with van der Waals surface area (Å²) in [5, 5.41) is 5.86. The number of amides is 2. The predicted molar refractivity (Wildman–Crippen MR) is 80.8 cm³/mol. The van der Waals surface area contributed by atoms with Crippen molar-refractivity contribution >= 4 is 17.5 Å². The van der Waals surface area contributed by atoms with Crippen molar-refractivity contribution in [1.29, 1.82) is 0 Å². The van der Waals surface area contributed by atoms with Crippen LogP contribution in [-0.2, 0) is 16.0 Å². The van der Waals surface area contributed by atoms with E-state index in [4.69, 9.17) is 4.74 Å². The number of halogens is 1. The van der Waals surface area contributed by atoms with E-state index in [1.165, 1.54) is 6.07 Å². The summed E-state index contributed by atoms with van der Waals surface area (Å²) in [6.07, 6.45) is 0.865. The molecule has 0 bridgehead atoms. The number of nitrogens with one attached hydrogen (secondary N) is 2. The van der Waals surface area contributed by atoms with Crippen LogP contribution in [0.2, 0.25) is 0 Å². The highest BCUT2D eigenvalue weighted by Gasteiger charge is 2.39. The van der Waals surface area contributed by atoms with Crippen LogP contribution in [0.1, 0.15) is 22.3 Å². The normalized spacial score (nSPS) is 26.5. The molecule has 2 N–H and O–H groups in total. The molecular weight excluding hydrogens is 301 g/mol. The number of aryl methyl sites for hydroxylation is 1. The number of hydrogen-bond donors (Lipinski definition) is 2. The smallest absolute Gasteiger partial charge is 0.257 e. The van der Waals surface area contributed by atoms with Crippen molar-refractivity contribution in [3.8, 4) is 0 Å². The molecule has 1 aromatic rings. The highest BCUT2D eigenvalue weighted by atomic mass is 19.1. The van der Waals surface area contributed by atoms with Crippen molar-refractivity contribution in [3.63, 3.8) is 0 Å². The Bertz CT molecular complexity index is 679. The number of ether oxygens (including phenoxy) is 1. The summed E-state index contributed by atoms with van der Waals surface area (Å²) in [5.41, 5.74) is 1.36. The first-order valence-corrected chi connectivity index (χ1v) is 7.89. The lowest BCUT2D eigenvalue weighted by molar-refractivity contribution is -0.116. The van der Waals surface area contributed by atoms with Crippen molar-refractivity contribution in [2.45, 2.75) is 25.0 Å². The van der Waals surface area contributed by atoms with E-state index in [1.54, 1.807) is 11.0 Å². The lowest BCUT2D eigenvalue weighted by Gasteiger charge is -2.37. The van der Waals surface area contributed by atoms with Crippen molar-refractivity contribution in [2.75, 3.05) is 31.6 Å². The van der Waals surface area contributed by atoms with Crippen LogP contribution in [-0.4, -0.2) is 55.1 Å². The highest BCUT2D eigenvalue weighted by molar-refractivity contribution is 5.98. The van der Waals surface area contributed by atoms with E-state index in [0.717, 1.165) is 5.56 Å². The zero-order valence-corrected chi connectivity index (χ0v) is 12.6. The number of fused-ring (bicyclic) bond motifs is 2. The molecule has 7 heteroatoms. The van der Waals surface area contributed by atoms with Gasteiger partial charge >= 0.3 is 0 Å². The van der Waals surface area contributed by atoms with Gasteiger partial charge in [-0.25, -0.2) is 4.39 Å². The molecule has 2 saturated heterocycles. The lowest BCUT2D eigenvalue weighted by atomic mass is 9.98. The molecule has 0 aliphatic carbocycles. The Morgan fingerprint density at radius 2 is 2.17 bits per heavy atom. The summed E-state index contributed by atoms with van der Waals surface area (Å²) in [6.45, 7) is 2.32. The minimum atomic E-state index is -0.593. The van der Waals surface area contributed by atoms with Crippen LogP contribution in [0.25, 0.3) is 0 Å². The second kappa shape index (κ2) is 5.58. The quantitative estimate of drug-likeness (QED) is 0.792. The lowest BCUT2D eigenvalue weighted by Crippen LogP contribution is -2.53. The Labute approximate surface area is 133 Å². The zero-order chi connectivity index (χ0) is 16.0. The van der Waals surface area contributed by atoms with Gasteiger partial charge in [-0.05, 0) is 24.1 Å². The summed E-state index contributed by atoms with van der Waals surface area (Å²) in [6, 6.07) is 2.79. The standard InChI is InChI=1S/C16H18FN3O3/c17-11-6-12-9(1-2-15(21)19-12)5-10(11)16(22)20-3-4-23-14-8-18-7-13(14)20/h5-6,13-14,18H,1-4,7-8H2,(H,19,21)/t13-,14+/m1/s1. The number of carbonyl (C=O) groups is 2. The molecule has 0 saturated carbocycles. The predicted octanol–water partition coefficient (Wildman–Crippen LogP) is 0.523. The average Bonchev–Trinajstić information content (AvgIpc) is 3.02. The summed E-state index contributed by atoms with van der Waals surface area (Å²) in [5.74, 6) is -1.02. The number of carbonyl (C=O) groups excluding carboxylic acids is 2. The van der Waals surface area contributed by atoms with E-state index < -0.39 is 5.82 Å². The molecule has 23 heavy (non-hydrogen) atoms. The van der Waals surface area contributed by atoms with Crippen LogP contribution in [0.3, 0.4) is 0 Å². The Kier molecular flexibility index (Phi) is 3.54. The summed E-state index contributed by atoms with van der Waals surface area (Å²) in [4.78, 5) is 25.9. The van der Waals surface area contributed by atoms with E-state index in [1.807, 2.05) is 0 Å². The monoisotopic (exact) mass is 319 g/mol. The number of rotatable bonds is 1. The van der Waals surface area contributed by atoms with Crippen LogP contribution < -0.4 is 10.6 Å². The third-order valence-corrected chi connectivity index (χ3v) is 4.77. The van der Waals surface area contributed by atoms with E-state index in [9.17, 15) is 14.0 Å². The molecule has 3 aliphatic rings. The second-order valence-electron chi connectivity index (χ2n) is 6.17. The SMILES string of the molecule is O=C1CCc2cc(C(=O)N3CCO[C@H]4CNC[C@H]43)c(F)cc2N1. The summed E-state index contributed by atoms with van der Waals surface area (Å²) >= 11 is 0. The van der Waals surface area contributed by atoms with Gasteiger partial charge in [-0.3, -0.25) is 9.59 Å². The fraction of sp³-hybridized carbons (Fsp3) is 0.500. The van der Waals surface area contributed by atoms with Gasteiger partial charge in [0, 0.05) is 31.7 Å². The number of hydrogen-bond acceptors (Lipinski definition) is 4. The third kappa shape index (κ3) is 2.49. The fourth-order valence-corrected chi connectivity index (χ4v) is 3.56. The van der Waals surface area contributed by atoms with Gasteiger partial charge in [0.15, 0.2) is 0 Å². The minimum Gasteiger partial charge on any atom is -0.373 e. The number of anilines is 1. The Hall–Kier alpha value is -1.99. The van der Waals surface area contributed by atoms with Crippen LogP contribution in [0, 0.1) is 5.82 Å². The summed E-state index contributed by atoms with van der Waals surface area (Å²) in [7, 11) is 0. The van der Waals surface area contributed by atoms with Gasteiger partial charge in [-0.1, -0.05) is 0 Å². The third-order valence-electron chi connectivity index (χ3n) is 4.77. The maximum Gasteiger partial charge on any atom is 0.257 e. The molecule has 0 aromatic heterocycles. The van der Waals surface area contributed by atoms with E-state index >= 15 is 0 Å². The first-order valence-electron chi connectivity index (χ1n) is 7.89. The second-order valence-corrected chi connectivity index (χ2v) is 6.17. The molecule has 2 fully saturated rings. The van der Waals surface area contributed by atoms with Gasteiger partial charge in [0.1, 0.15) is 5.82 Å². The van der Waals surface area contributed by atoms with Crippen LogP contribution >= 0.6 is 0 Å². The summed E-state index contributed by atoms with van der Waals surface area (Å²) < 4.78 is 20.1. The van der Waals surface area contributed by atoms with Gasteiger partial charge in [0.25, 0.3) is 5.91 Å². The van der Waals surface area contributed by atoms with Crippen LogP contribution in [0.5, 0.6) is 0 Å². The van der Waals surface area contributed by atoms with E-state index in [-0.39, 0.29) is 29.5 Å². The molecule has 2 atom stereocenters. The molecule has 3 heterocycles. The maximum atomic E-state index is 14.4. The molecular formula is C16H18FN3O3. The van der Waals surface area contributed by atoms with Gasteiger partial charge in [-0.15, -0.1) is 0 Å². The van der Waals surface area contributed by atoms with Crippen molar-refractivity contribution in [1.82, 2.24) is 10.2 Å². The Morgan fingerprint density at radius 1 is 1.30 bits per heavy atom. The van der Waals surface area contributed by atoms with Crippen molar-refractivity contribution in [3.05, 3.63) is 29.1 Å². The molecule has 0 unspecified atom stereocenters. The molecule has 3 aliphatic heterocycles. The van der Waals surface area contributed by atoms with Crippen molar-refractivity contribution in [2.24, 2.45) is 0 Å². The number of benzene rings is 1. The molecule has 0 spiro atoms. The highest BCUT2D eigenvalue weighted by Crippen LogP contribution is 2.28.